The summed E-state index contributed by atoms with van der Waals surface area (Å²) in [7, 11) is 0. The molecule has 3 aromatic rings. The highest BCUT2D eigenvalue weighted by atomic mass is 35.5. The maximum atomic E-state index is 12.4. The second kappa shape index (κ2) is 8.01. The summed E-state index contributed by atoms with van der Waals surface area (Å²) in [6, 6.07) is 11.8. The van der Waals surface area contributed by atoms with Crippen LogP contribution in [0, 0.1) is 0 Å². The van der Waals surface area contributed by atoms with Crippen LogP contribution in [0.5, 0.6) is 5.88 Å². The van der Waals surface area contributed by atoms with Gasteiger partial charge in [0.05, 0.1) is 11.4 Å². The minimum absolute atomic E-state index is 0.0727. The molecule has 0 saturated heterocycles. The van der Waals surface area contributed by atoms with E-state index in [1.165, 1.54) is 0 Å². The lowest BCUT2D eigenvalue weighted by molar-refractivity contribution is -0.121. The second-order valence-electron chi connectivity index (χ2n) is 7.01. The van der Waals surface area contributed by atoms with E-state index in [0.717, 1.165) is 42.1 Å². The third-order valence-electron chi connectivity index (χ3n) is 5.05. The zero-order chi connectivity index (χ0) is 18.6. The van der Waals surface area contributed by atoms with Crippen molar-refractivity contribution in [2.45, 2.75) is 44.2 Å². The molecule has 0 radical (unpaired) electrons. The van der Waals surface area contributed by atoms with Crippen molar-refractivity contribution in [1.82, 2.24) is 15.3 Å². The van der Waals surface area contributed by atoms with Crippen molar-refractivity contribution in [2.24, 2.45) is 0 Å². The van der Waals surface area contributed by atoms with Gasteiger partial charge in [0.25, 0.3) is 0 Å². The topological polar surface area (TPSA) is 67.0 Å². The molecular formula is C21H22ClN3O2. The van der Waals surface area contributed by atoms with E-state index in [2.05, 4.69) is 15.3 Å². The highest BCUT2D eigenvalue weighted by molar-refractivity contribution is 6.30. The SMILES string of the molecule is O=C(Cc1c[nH]c2ccccc12)NC1CCC(Oc2ccc(Cl)cn2)CC1. The van der Waals surface area contributed by atoms with Crippen molar-refractivity contribution in [1.29, 1.82) is 0 Å². The Kier molecular flexibility index (Phi) is 5.30. The molecule has 1 saturated carbocycles. The summed E-state index contributed by atoms with van der Waals surface area (Å²) in [5.74, 6) is 0.676. The van der Waals surface area contributed by atoms with Gasteiger partial charge in [0.15, 0.2) is 0 Å². The summed E-state index contributed by atoms with van der Waals surface area (Å²) in [6.45, 7) is 0. The van der Waals surface area contributed by atoms with Crippen molar-refractivity contribution < 1.29 is 9.53 Å². The molecule has 0 spiro atoms. The number of nitrogens with zero attached hydrogens (tertiary/aromatic N) is 1. The Hall–Kier alpha value is -2.53. The zero-order valence-corrected chi connectivity index (χ0v) is 15.7. The maximum Gasteiger partial charge on any atom is 0.224 e. The minimum Gasteiger partial charge on any atom is -0.474 e. The van der Waals surface area contributed by atoms with Crippen LogP contribution in [0.1, 0.15) is 31.2 Å². The Morgan fingerprint density at radius 3 is 2.78 bits per heavy atom. The summed E-state index contributed by atoms with van der Waals surface area (Å²) >= 11 is 5.84. The van der Waals surface area contributed by atoms with E-state index in [-0.39, 0.29) is 18.1 Å². The number of para-hydroxylation sites is 1. The number of pyridine rings is 1. The summed E-state index contributed by atoms with van der Waals surface area (Å²) in [4.78, 5) is 19.8. The lowest BCUT2D eigenvalue weighted by Gasteiger charge is -2.29. The lowest BCUT2D eigenvalue weighted by Crippen LogP contribution is -2.40. The van der Waals surface area contributed by atoms with Gasteiger partial charge in [0, 0.05) is 35.4 Å². The maximum absolute atomic E-state index is 12.4. The smallest absolute Gasteiger partial charge is 0.224 e. The van der Waals surface area contributed by atoms with Gasteiger partial charge in [-0.15, -0.1) is 0 Å². The molecule has 1 aliphatic rings. The van der Waals surface area contributed by atoms with Crippen LogP contribution in [-0.4, -0.2) is 28.0 Å². The molecule has 0 atom stereocenters. The molecule has 2 aromatic heterocycles. The highest BCUT2D eigenvalue weighted by Gasteiger charge is 2.24. The minimum atomic E-state index is 0.0727. The van der Waals surface area contributed by atoms with Crippen LogP contribution in [0.4, 0.5) is 0 Å². The molecule has 27 heavy (non-hydrogen) atoms. The predicted octanol–water partition coefficient (Wildman–Crippen LogP) is 4.27. The van der Waals surface area contributed by atoms with E-state index in [1.807, 2.05) is 30.5 Å². The number of hydrogen-bond donors (Lipinski definition) is 2. The van der Waals surface area contributed by atoms with Gasteiger partial charge < -0.3 is 15.0 Å². The molecule has 4 rings (SSSR count). The number of rotatable bonds is 5. The average molecular weight is 384 g/mol. The molecular weight excluding hydrogens is 362 g/mol. The Labute approximate surface area is 163 Å². The molecule has 5 nitrogen and oxygen atoms in total. The van der Waals surface area contributed by atoms with E-state index in [4.69, 9.17) is 16.3 Å². The summed E-state index contributed by atoms with van der Waals surface area (Å²) < 4.78 is 5.91. The Balaban J connectivity index is 1.26. The number of carbonyl (C=O) groups is 1. The van der Waals surface area contributed by atoms with Gasteiger partial charge >= 0.3 is 0 Å². The van der Waals surface area contributed by atoms with Crippen molar-refractivity contribution in [3.63, 3.8) is 0 Å². The van der Waals surface area contributed by atoms with E-state index in [9.17, 15) is 4.79 Å². The fourth-order valence-electron chi connectivity index (χ4n) is 3.66. The van der Waals surface area contributed by atoms with Gasteiger partial charge in [0.1, 0.15) is 6.10 Å². The number of aromatic nitrogens is 2. The van der Waals surface area contributed by atoms with Crippen molar-refractivity contribution >= 4 is 28.4 Å². The van der Waals surface area contributed by atoms with Crippen LogP contribution in [0.15, 0.2) is 48.8 Å². The van der Waals surface area contributed by atoms with Crippen LogP contribution < -0.4 is 10.1 Å². The van der Waals surface area contributed by atoms with Crippen molar-refractivity contribution in [2.75, 3.05) is 0 Å². The van der Waals surface area contributed by atoms with Crippen molar-refractivity contribution in [3.05, 3.63) is 59.4 Å². The van der Waals surface area contributed by atoms with E-state index >= 15 is 0 Å². The first-order chi connectivity index (χ1) is 13.2. The third-order valence-corrected chi connectivity index (χ3v) is 5.28. The molecule has 1 aromatic carbocycles. The number of nitrogens with one attached hydrogen (secondary N) is 2. The largest absolute Gasteiger partial charge is 0.474 e. The molecule has 0 unspecified atom stereocenters. The van der Waals surface area contributed by atoms with E-state index in [0.29, 0.717) is 17.3 Å². The standard InChI is InChI=1S/C21H22ClN3O2/c22-15-5-10-21(24-13-15)27-17-8-6-16(7-9-17)25-20(26)11-14-12-23-19-4-2-1-3-18(14)19/h1-5,10,12-13,16-17,23H,6-9,11H2,(H,25,26). The number of amides is 1. The molecule has 1 aliphatic carbocycles. The van der Waals surface area contributed by atoms with Gasteiger partial charge in [-0.05, 0) is 43.4 Å². The number of benzene rings is 1. The Morgan fingerprint density at radius 1 is 1.19 bits per heavy atom. The first-order valence-electron chi connectivity index (χ1n) is 9.30. The van der Waals surface area contributed by atoms with Gasteiger partial charge in [0.2, 0.25) is 11.8 Å². The van der Waals surface area contributed by atoms with Crippen LogP contribution in [0.25, 0.3) is 10.9 Å². The van der Waals surface area contributed by atoms with E-state index < -0.39 is 0 Å². The lowest BCUT2D eigenvalue weighted by atomic mass is 9.92. The number of fused-ring (bicyclic) bond motifs is 1. The molecule has 1 fully saturated rings. The van der Waals surface area contributed by atoms with Crippen molar-refractivity contribution in [3.8, 4) is 5.88 Å². The number of halogens is 1. The first-order valence-corrected chi connectivity index (χ1v) is 9.68. The molecule has 0 bridgehead atoms. The Morgan fingerprint density at radius 2 is 2.00 bits per heavy atom. The highest BCUT2D eigenvalue weighted by Crippen LogP contribution is 2.24. The summed E-state index contributed by atoms with van der Waals surface area (Å²) in [5.41, 5.74) is 2.10. The van der Waals surface area contributed by atoms with Crippen LogP contribution in [-0.2, 0) is 11.2 Å². The molecule has 140 valence electrons. The number of aromatic amines is 1. The van der Waals surface area contributed by atoms with E-state index in [1.54, 1.807) is 18.3 Å². The molecule has 2 N–H and O–H groups in total. The monoisotopic (exact) mass is 383 g/mol. The number of ether oxygens (including phenoxy) is 1. The molecule has 6 heteroatoms. The van der Waals surface area contributed by atoms with Crippen LogP contribution >= 0.6 is 11.6 Å². The molecule has 2 heterocycles. The fourth-order valence-corrected chi connectivity index (χ4v) is 3.77. The third kappa shape index (κ3) is 4.42. The van der Waals surface area contributed by atoms with Crippen LogP contribution in [0.2, 0.25) is 5.02 Å². The van der Waals surface area contributed by atoms with Gasteiger partial charge in [-0.25, -0.2) is 4.98 Å². The van der Waals surface area contributed by atoms with Gasteiger partial charge in [-0.1, -0.05) is 29.8 Å². The zero-order valence-electron chi connectivity index (χ0n) is 15.0. The average Bonchev–Trinajstić information content (AvgIpc) is 3.08. The molecule has 0 aliphatic heterocycles. The summed E-state index contributed by atoms with van der Waals surface area (Å²) in [5, 5.41) is 4.88. The normalized spacial score (nSPS) is 19.7. The Bertz CT molecular complexity index is 915. The number of carbonyl (C=O) groups excluding carboxylic acids is 1. The van der Waals surface area contributed by atoms with Crippen LogP contribution in [0.3, 0.4) is 0 Å². The predicted molar refractivity (Wildman–Crippen MR) is 106 cm³/mol. The quantitative estimate of drug-likeness (QED) is 0.691. The van der Waals surface area contributed by atoms with Gasteiger partial charge in [-0.3, -0.25) is 4.79 Å². The second-order valence-corrected chi connectivity index (χ2v) is 7.45. The number of hydrogen-bond acceptors (Lipinski definition) is 3. The summed E-state index contributed by atoms with van der Waals surface area (Å²) in [6.07, 6.45) is 7.69. The van der Waals surface area contributed by atoms with Gasteiger partial charge in [-0.2, -0.15) is 0 Å². The first kappa shape index (κ1) is 17.9. The molecule has 1 amide bonds. The number of H-pyrrole nitrogens is 1. The fraction of sp³-hybridized carbons (Fsp3) is 0.333.